The summed E-state index contributed by atoms with van der Waals surface area (Å²) in [7, 11) is 1.67. The number of ether oxygens (including phenoxy) is 1. The van der Waals surface area contributed by atoms with E-state index in [-0.39, 0.29) is 0 Å². The molecule has 1 heterocycles. The highest BCUT2D eigenvalue weighted by atomic mass is 16.5. The highest BCUT2D eigenvalue weighted by Gasteiger charge is 2.11. The van der Waals surface area contributed by atoms with Crippen LogP contribution in [0.3, 0.4) is 0 Å². The molecule has 2 rings (SSSR count). The summed E-state index contributed by atoms with van der Waals surface area (Å²) in [6.07, 6.45) is 1.67. The molecule has 0 spiro atoms. The Morgan fingerprint density at radius 1 is 1.19 bits per heavy atom. The molecule has 2 aromatic rings. The summed E-state index contributed by atoms with van der Waals surface area (Å²) in [5, 5.41) is 8.01. The Kier molecular flexibility index (Phi) is 2.86. The molecule has 0 N–H and O–H groups in total. The van der Waals surface area contributed by atoms with Crippen LogP contribution in [0.15, 0.2) is 30.5 Å². The first-order chi connectivity index (χ1) is 7.72. The van der Waals surface area contributed by atoms with Crippen LogP contribution < -0.4 is 4.74 Å². The van der Waals surface area contributed by atoms with Crippen molar-refractivity contribution in [3.63, 3.8) is 0 Å². The van der Waals surface area contributed by atoms with Crippen LogP contribution in [0, 0.1) is 13.8 Å². The first-order valence-electron chi connectivity index (χ1n) is 5.15. The Morgan fingerprint density at radius 3 is 2.62 bits per heavy atom. The van der Waals surface area contributed by atoms with E-state index in [0.717, 1.165) is 22.6 Å². The van der Waals surface area contributed by atoms with Gasteiger partial charge in [0.1, 0.15) is 5.75 Å². The molecule has 0 saturated heterocycles. The van der Waals surface area contributed by atoms with Crippen LogP contribution in [-0.4, -0.2) is 17.3 Å². The largest absolute Gasteiger partial charge is 0.496 e. The van der Waals surface area contributed by atoms with E-state index < -0.39 is 0 Å². The molecule has 1 aromatic heterocycles. The van der Waals surface area contributed by atoms with E-state index in [1.807, 2.05) is 18.2 Å². The van der Waals surface area contributed by atoms with Gasteiger partial charge in [0.15, 0.2) is 0 Å². The second-order valence-corrected chi connectivity index (χ2v) is 3.77. The third-order valence-corrected chi connectivity index (χ3v) is 2.49. The molecule has 3 nitrogen and oxygen atoms in total. The molecular weight excluding hydrogens is 200 g/mol. The van der Waals surface area contributed by atoms with Crippen molar-refractivity contribution in [2.24, 2.45) is 0 Å². The highest BCUT2D eigenvalue weighted by Crippen LogP contribution is 2.32. The maximum absolute atomic E-state index is 5.39. The predicted molar refractivity (Wildman–Crippen MR) is 63.5 cm³/mol. The van der Waals surface area contributed by atoms with Crippen molar-refractivity contribution in [2.75, 3.05) is 7.11 Å². The van der Waals surface area contributed by atoms with Crippen LogP contribution in [0.5, 0.6) is 5.75 Å². The lowest BCUT2D eigenvalue weighted by Gasteiger charge is -2.11. The zero-order chi connectivity index (χ0) is 11.5. The fourth-order valence-electron chi connectivity index (χ4n) is 1.85. The van der Waals surface area contributed by atoms with Crippen LogP contribution >= 0.6 is 0 Å². The third-order valence-electron chi connectivity index (χ3n) is 2.49. The van der Waals surface area contributed by atoms with Crippen molar-refractivity contribution < 1.29 is 4.74 Å². The summed E-state index contributed by atoms with van der Waals surface area (Å²) in [6.45, 7) is 4.11. The summed E-state index contributed by atoms with van der Waals surface area (Å²) in [6, 6.07) is 7.94. The minimum atomic E-state index is 0.844. The van der Waals surface area contributed by atoms with Crippen molar-refractivity contribution in [1.29, 1.82) is 0 Å². The summed E-state index contributed by atoms with van der Waals surface area (Å²) < 4.78 is 5.39. The molecule has 0 aliphatic carbocycles. The Hall–Kier alpha value is -1.90. The lowest BCUT2D eigenvalue weighted by atomic mass is 10.0. The van der Waals surface area contributed by atoms with Gasteiger partial charge in [0.25, 0.3) is 0 Å². The zero-order valence-electron chi connectivity index (χ0n) is 9.69. The Labute approximate surface area is 95.1 Å². The maximum Gasteiger partial charge on any atom is 0.128 e. The van der Waals surface area contributed by atoms with E-state index in [9.17, 15) is 0 Å². The summed E-state index contributed by atoms with van der Waals surface area (Å²) >= 11 is 0. The van der Waals surface area contributed by atoms with Gasteiger partial charge < -0.3 is 4.74 Å². The quantitative estimate of drug-likeness (QED) is 0.771. The number of hydrogen-bond acceptors (Lipinski definition) is 3. The van der Waals surface area contributed by atoms with Gasteiger partial charge in [0.2, 0.25) is 0 Å². The van der Waals surface area contributed by atoms with Crippen molar-refractivity contribution in [1.82, 2.24) is 10.2 Å². The van der Waals surface area contributed by atoms with E-state index in [1.165, 1.54) is 5.56 Å². The van der Waals surface area contributed by atoms with Crippen molar-refractivity contribution in [3.05, 3.63) is 41.6 Å². The van der Waals surface area contributed by atoms with Crippen LogP contribution in [0.2, 0.25) is 0 Å². The third kappa shape index (κ3) is 1.89. The van der Waals surface area contributed by atoms with Gasteiger partial charge in [-0.3, -0.25) is 0 Å². The van der Waals surface area contributed by atoms with Crippen LogP contribution in [0.4, 0.5) is 0 Å². The average molecular weight is 214 g/mol. The average Bonchev–Trinajstić information content (AvgIpc) is 2.29. The monoisotopic (exact) mass is 214 g/mol. The molecule has 0 saturated carbocycles. The van der Waals surface area contributed by atoms with Gasteiger partial charge in [-0.25, -0.2) is 0 Å². The Balaban J connectivity index is 2.64. The Morgan fingerprint density at radius 2 is 2.00 bits per heavy atom. The standard InChI is InChI=1S/C13H14N2O/c1-9-7-10(2)13(12(8-9)16-3)11-5-4-6-14-15-11/h4-8H,1-3H3. The van der Waals surface area contributed by atoms with Gasteiger partial charge in [-0.1, -0.05) is 6.07 Å². The number of hydrogen-bond donors (Lipinski definition) is 0. The van der Waals surface area contributed by atoms with E-state index >= 15 is 0 Å². The van der Waals surface area contributed by atoms with E-state index in [0.29, 0.717) is 0 Å². The van der Waals surface area contributed by atoms with Crippen molar-refractivity contribution in [2.45, 2.75) is 13.8 Å². The number of methoxy groups -OCH3 is 1. The molecule has 0 aliphatic rings. The molecule has 3 heteroatoms. The van der Waals surface area contributed by atoms with Gasteiger partial charge >= 0.3 is 0 Å². The van der Waals surface area contributed by atoms with Gasteiger partial charge in [-0.15, -0.1) is 0 Å². The first-order valence-corrected chi connectivity index (χ1v) is 5.15. The predicted octanol–water partition coefficient (Wildman–Crippen LogP) is 2.77. The lowest BCUT2D eigenvalue weighted by molar-refractivity contribution is 0.415. The molecule has 1 aromatic carbocycles. The van der Waals surface area contributed by atoms with Gasteiger partial charge in [-0.2, -0.15) is 10.2 Å². The number of benzene rings is 1. The van der Waals surface area contributed by atoms with Crippen molar-refractivity contribution in [3.8, 4) is 17.0 Å². The van der Waals surface area contributed by atoms with E-state index in [2.05, 4.69) is 30.1 Å². The summed E-state index contributed by atoms with van der Waals surface area (Å²) in [5.41, 5.74) is 4.19. The molecule has 16 heavy (non-hydrogen) atoms. The molecule has 0 amide bonds. The van der Waals surface area contributed by atoms with Crippen LogP contribution in [-0.2, 0) is 0 Å². The number of nitrogens with zero attached hydrogens (tertiary/aromatic N) is 2. The zero-order valence-corrected chi connectivity index (χ0v) is 9.69. The molecule has 0 bridgehead atoms. The van der Waals surface area contributed by atoms with Crippen LogP contribution in [0.1, 0.15) is 11.1 Å². The summed E-state index contributed by atoms with van der Waals surface area (Å²) in [5.74, 6) is 0.845. The van der Waals surface area contributed by atoms with Gasteiger partial charge in [0, 0.05) is 11.8 Å². The molecule has 0 aliphatic heterocycles. The molecule has 0 unspecified atom stereocenters. The molecule has 0 atom stereocenters. The fourth-order valence-corrected chi connectivity index (χ4v) is 1.85. The molecule has 0 radical (unpaired) electrons. The van der Waals surface area contributed by atoms with Crippen molar-refractivity contribution >= 4 is 0 Å². The molecule has 0 fully saturated rings. The normalized spacial score (nSPS) is 10.2. The number of aromatic nitrogens is 2. The SMILES string of the molecule is COc1cc(C)cc(C)c1-c1cccnn1. The minimum Gasteiger partial charge on any atom is -0.496 e. The van der Waals surface area contributed by atoms with Crippen LogP contribution in [0.25, 0.3) is 11.3 Å². The van der Waals surface area contributed by atoms with Gasteiger partial charge in [0.05, 0.1) is 12.8 Å². The minimum absolute atomic E-state index is 0.844. The highest BCUT2D eigenvalue weighted by molar-refractivity contribution is 5.71. The smallest absolute Gasteiger partial charge is 0.128 e. The number of rotatable bonds is 2. The molecule has 82 valence electrons. The Bertz CT molecular complexity index is 495. The summed E-state index contributed by atoms with van der Waals surface area (Å²) in [4.78, 5) is 0. The lowest BCUT2D eigenvalue weighted by Crippen LogP contribution is -1.95. The van der Waals surface area contributed by atoms with Gasteiger partial charge in [-0.05, 0) is 43.2 Å². The second-order valence-electron chi connectivity index (χ2n) is 3.77. The second kappa shape index (κ2) is 4.31. The van der Waals surface area contributed by atoms with E-state index in [1.54, 1.807) is 13.3 Å². The topological polar surface area (TPSA) is 35.0 Å². The van der Waals surface area contributed by atoms with E-state index in [4.69, 9.17) is 4.74 Å². The fraction of sp³-hybridized carbons (Fsp3) is 0.231. The maximum atomic E-state index is 5.39. The number of aryl methyl sites for hydroxylation is 2. The molecular formula is C13H14N2O. The first kappa shape index (κ1) is 10.6.